The van der Waals surface area contributed by atoms with Crippen LogP contribution in [0.5, 0.6) is 11.5 Å². The normalized spacial score (nSPS) is 18.7. The summed E-state index contributed by atoms with van der Waals surface area (Å²) < 4.78 is 16.7. The number of benzene rings is 2. The number of nitrogens with zero attached hydrogens (tertiary/aromatic N) is 3. The van der Waals surface area contributed by atoms with Gasteiger partial charge in [0.25, 0.3) is 0 Å². The van der Waals surface area contributed by atoms with Crippen molar-refractivity contribution in [3.05, 3.63) is 76.3 Å². The molecule has 3 aliphatic rings. The summed E-state index contributed by atoms with van der Waals surface area (Å²) >= 11 is 1.46. The van der Waals surface area contributed by atoms with Crippen LogP contribution in [0.1, 0.15) is 43.4 Å². The van der Waals surface area contributed by atoms with Gasteiger partial charge >= 0.3 is 5.97 Å². The van der Waals surface area contributed by atoms with E-state index in [0.717, 1.165) is 42.8 Å². The molecule has 1 amide bonds. The molecule has 0 spiro atoms. The van der Waals surface area contributed by atoms with Crippen molar-refractivity contribution in [3.63, 3.8) is 0 Å². The number of amidine groups is 1. The Hall–Kier alpha value is -3.72. The van der Waals surface area contributed by atoms with E-state index in [0.29, 0.717) is 27.9 Å². The molecule has 0 saturated carbocycles. The van der Waals surface area contributed by atoms with Crippen LogP contribution in [0, 0.1) is 0 Å². The van der Waals surface area contributed by atoms with Crippen LogP contribution >= 0.6 is 11.8 Å². The number of ether oxygens (including phenoxy) is 3. The Kier molecular flexibility index (Phi) is 7.74. The van der Waals surface area contributed by atoms with Crippen molar-refractivity contribution >= 4 is 34.5 Å². The summed E-state index contributed by atoms with van der Waals surface area (Å²) in [6, 6.07) is 14.6. The molecule has 198 valence electrons. The fourth-order valence-corrected chi connectivity index (χ4v) is 5.94. The number of likely N-dealkylation sites (tertiary alicyclic amines) is 1. The zero-order chi connectivity index (χ0) is 26.6. The zero-order valence-corrected chi connectivity index (χ0v) is 22.6. The largest absolute Gasteiger partial charge is 0.497 e. The number of carbonyl (C=O) groups is 2. The van der Waals surface area contributed by atoms with Crippen LogP contribution in [0.4, 0.5) is 0 Å². The molecular formula is C29H31N3O5S. The monoisotopic (exact) mass is 533 g/mol. The van der Waals surface area contributed by atoms with Gasteiger partial charge in [-0.05, 0) is 42.9 Å². The number of methoxy groups -OCH3 is 2. The first-order valence-corrected chi connectivity index (χ1v) is 13.6. The third-order valence-electron chi connectivity index (χ3n) is 6.83. The summed E-state index contributed by atoms with van der Waals surface area (Å²) in [6.45, 7) is 3.57. The van der Waals surface area contributed by atoms with E-state index in [1.807, 2.05) is 57.7 Å². The van der Waals surface area contributed by atoms with Gasteiger partial charge in [-0.1, -0.05) is 42.1 Å². The van der Waals surface area contributed by atoms with Crippen molar-refractivity contribution in [2.24, 2.45) is 4.99 Å². The predicted molar refractivity (Wildman–Crippen MR) is 148 cm³/mol. The average molecular weight is 534 g/mol. The standard InChI is InChI=1S/C29H31N3O5S/c1-4-37-28(34)25-26(19-10-6-5-7-11-19)30-29-32(21(18-38-29)16-24(33)31-12-8-9-13-31)27(25)20-14-22(35-2)17-23(15-20)36-3/h5-7,10-11,14-15,17-18,27H,4,8-9,12-13,16H2,1-3H3/t27-/m0/s1. The number of thioether (sulfide) groups is 1. The van der Waals surface area contributed by atoms with Gasteiger partial charge in [-0.25, -0.2) is 9.79 Å². The Morgan fingerprint density at radius 1 is 1.03 bits per heavy atom. The maximum absolute atomic E-state index is 13.7. The number of hydrogen-bond acceptors (Lipinski definition) is 8. The minimum atomic E-state index is -0.603. The van der Waals surface area contributed by atoms with Gasteiger partial charge in [0, 0.05) is 30.4 Å². The summed E-state index contributed by atoms with van der Waals surface area (Å²) in [7, 11) is 3.19. The molecule has 5 rings (SSSR count). The van der Waals surface area contributed by atoms with Crippen LogP contribution in [0.3, 0.4) is 0 Å². The van der Waals surface area contributed by atoms with E-state index in [2.05, 4.69) is 0 Å². The second kappa shape index (κ2) is 11.3. The van der Waals surface area contributed by atoms with E-state index in [4.69, 9.17) is 19.2 Å². The molecule has 1 saturated heterocycles. The minimum Gasteiger partial charge on any atom is -0.497 e. The summed E-state index contributed by atoms with van der Waals surface area (Å²) in [5, 5.41) is 2.67. The molecular weight excluding hydrogens is 502 g/mol. The van der Waals surface area contributed by atoms with Gasteiger partial charge in [0.2, 0.25) is 5.91 Å². The van der Waals surface area contributed by atoms with E-state index >= 15 is 0 Å². The first-order valence-electron chi connectivity index (χ1n) is 12.7. The van der Waals surface area contributed by atoms with Crippen molar-refractivity contribution in [3.8, 4) is 11.5 Å². The van der Waals surface area contributed by atoms with Gasteiger partial charge in [-0.15, -0.1) is 0 Å². The maximum atomic E-state index is 13.7. The predicted octanol–water partition coefficient (Wildman–Crippen LogP) is 4.99. The summed E-state index contributed by atoms with van der Waals surface area (Å²) in [5.41, 5.74) is 3.33. The summed E-state index contributed by atoms with van der Waals surface area (Å²) in [5.74, 6) is 0.813. The van der Waals surface area contributed by atoms with E-state index in [9.17, 15) is 9.59 Å². The molecule has 2 aromatic rings. The SMILES string of the molecule is CCOC(=O)C1=C(c2ccccc2)N=C2SC=C(CC(=O)N3CCCC3)N2[C@H]1c1cc(OC)cc(OC)c1. The molecule has 0 N–H and O–H groups in total. The Morgan fingerprint density at radius 3 is 2.34 bits per heavy atom. The van der Waals surface area contributed by atoms with E-state index in [1.165, 1.54) is 11.8 Å². The smallest absolute Gasteiger partial charge is 0.338 e. The molecule has 3 heterocycles. The topological polar surface area (TPSA) is 80.7 Å². The molecule has 38 heavy (non-hydrogen) atoms. The van der Waals surface area contributed by atoms with Crippen molar-refractivity contribution in [2.45, 2.75) is 32.2 Å². The molecule has 2 aromatic carbocycles. The van der Waals surface area contributed by atoms with Gasteiger partial charge < -0.3 is 24.0 Å². The maximum Gasteiger partial charge on any atom is 0.338 e. The highest BCUT2D eigenvalue weighted by molar-refractivity contribution is 8.16. The van der Waals surface area contributed by atoms with E-state index in [1.54, 1.807) is 27.2 Å². The van der Waals surface area contributed by atoms with Crippen molar-refractivity contribution < 1.29 is 23.8 Å². The third kappa shape index (κ3) is 5.03. The van der Waals surface area contributed by atoms with E-state index in [-0.39, 0.29) is 18.9 Å². The Balaban J connectivity index is 1.67. The highest BCUT2D eigenvalue weighted by atomic mass is 32.2. The fourth-order valence-electron chi connectivity index (χ4n) is 5.02. The number of aliphatic imine (C=N–C) groups is 1. The molecule has 1 atom stereocenters. The lowest BCUT2D eigenvalue weighted by Crippen LogP contribution is -2.38. The van der Waals surface area contributed by atoms with Gasteiger partial charge in [0.1, 0.15) is 11.5 Å². The number of esters is 1. The highest BCUT2D eigenvalue weighted by Crippen LogP contribution is 2.48. The molecule has 1 fully saturated rings. The van der Waals surface area contributed by atoms with Crippen molar-refractivity contribution in [2.75, 3.05) is 33.9 Å². The molecule has 3 aliphatic heterocycles. The van der Waals surface area contributed by atoms with Crippen LogP contribution in [0.2, 0.25) is 0 Å². The lowest BCUT2D eigenvalue weighted by atomic mass is 9.91. The second-order valence-electron chi connectivity index (χ2n) is 9.15. The number of fused-ring (bicyclic) bond motifs is 1. The zero-order valence-electron chi connectivity index (χ0n) is 21.8. The van der Waals surface area contributed by atoms with Crippen LogP contribution < -0.4 is 9.47 Å². The lowest BCUT2D eigenvalue weighted by molar-refractivity contribution is -0.139. The minimum absolute atomic E-state index is 0.0769. The fraction of sp³-hybridized carbons (Fsp3) is 0.345. The quantitative estimate of drug-likeness (QED) is 0.442. The Morgan fingerprint density at radius 2 is 1.71 bits per heavy atom. The van der Waals surface area contributed by atoms with Crippen molar-refractivity contribution in [1.82, 2.24) is 9.80 Å². The number of hydrogen-bond donors (Lipinski definition) is 0. The Bertz CT molecular complexity index is 1290. The Labute approximate surface area is 226 Å². The number of carbonyl (C=O) groups excluding carboxylic acids is 2. The molecule has 0 aromatic heterocycles. The lowest BCUT2D eigenvalue weighted by Gasteiger charge is -2.37. The first-order chi connectivity index (χ1) is 18.5. The van der Waals surface area contributed by atoms with Crippen LogP contribution in [-0.4, -0.2) is 60.8 Å². The highest BCUT2D eigenvalue weighted by Gasteiger charge is 2.43. The second-order valence-corrected chi connectivity index (χ2v) is 9.99. The van der Waals surface area contributed by atoms with Crippen LogP contribution in [-0.2, 0) is 14.3 Å². The number of rotatable bonds is 8. The van der Waals surface area contributed by atoms with E-state index < -0.39 is 12.0 Å². The summed E-state index contributed by atoms with van der Waals surface area (Å²) in [4.78, 5) is 35.7. The molecule has 0 radical (unpaired) electrons. The molecule has 0 aliphatic carbocycles. The van der Waals surface area contributed by atoms with Crippen molar-refractivity contribution in [1.29, 1.82) is 0 Å². The average Bonchev–Trinajstić information content (AvgIpc) is 3.63. The third-order valence-corrected chi connectivity index (χ3v) is 7.72. The van der Waals surface area contributed by atoms with Gasteiger partial charge in [0.15, 0.2) is 5.17 Å². The number of amides is 1. The van der Waals surface area contributed by atoms with Crippen LogP contribution in [0.15, 0.2) is 70.2 Å². The molecule has 0 bridgehead atoms. The molecule has 8 nitrogen and oxygen atoms in total. The van der Waals surface area contributed by atoms with Gasteiger partial charge in [0.05, 0.1) is 44.6 Å². The first kappa shape index (κ1) is 25.9. The van der Waals surface area contributed by atoms with Gasteiger partial charge in [-0.2, -0.15) is 0 Å². The molecule has 0 unspecified atom stereocenters. The van der Waals surface area contributed by atoms with Gasteiger partial charge in [-0.3, -0.25) is 4.79 Å². The molecule has 9 heteroatoms. The summed E-state index contributed by atoms with van der Waals surface area (Å²) in [6.07, 6.45) is 2.27. The van der Waals surface area contributed by atoms with Crippen LogP contribution in [0.25, 0.3) is 5.70 Å².